The van der Waals surface area contributed by atoms with Crippen LogP contribution in [0.1, 0.15) is 0 Å². The van der Waals surface area contributed by atoms with Gasteiger partial charge in [0.05, 0.1) is 27.8 Å². The van der Waals surface area contributed by atoms with E-state index >= 15 is 0 Å². The van der Waals surface area contributed by atoms with Gasteiger partial charge in [-0.15, -0.1) is 0 Å². The van der Waals surface area contributed by atoms with Crippen molar-refractivity contribution in [3.8, 4) is 39.1 Å². The molecule has 0 N–H and O–H groups in total. The van der Waals surface area contributed by atoms with Gasteiger partial charge < -0.3 is 18.3 Å². The Labute approximate surface area is 369 Å². The van der Waals surface area contributed by atoms with Crippen molar-refractivity contribution in [3.63, 3.8) is 0 Å². The monoisotopic (exact) mass is 818 g/mol. The number of rotatable bonds is 7. The first-order valence-electron chi connectivity index (χ1n) is 21.8. The molecule has 0 aliphatic carbocycles. The van der Waals surface area contributed by atoms with Crippen LogP contribution in [0.15, 0.2) is 239 Å². The second kappa shape index (κ2) is 14.5. The van der Waals surface area contributed by atoms with Crippen molar-refractivity contribution in [2.45, 2.75) is 0 Å². The smallest absolute Gasteiger partial charge is 0.143 e. The van der Waals surface area contributed by atoms with Crippen LogP contribution in [0.4, 0.5) is 17.1 Å². The van der Waals surface area contributed by atoms with Gasteiger partial charge in [0.1, 0.15) is 22.3 Å². The summed E-state index contributed by atoms with van der Waals surface area (Å²) in [6, 6.07) is 82.1. The molecule has 3 aromatic heterocycles. The van der Waals surface area contributed by atoms with E-state index in [2.05, 4.69) is 222 Å². The SMILES string of the molecule is c1ccc(-c2ccc(N(c3ccc(-c4cccc5c4oc4ccccc45)cc3)c3cccc4c3c3ccccc3n4-c3c(-c4ccccc4)ccc4oc5ccccc5c34)cc2)cc1. The van der Waals surface area contributed by atoms with E-state index in [1.807, 2.05) is 18.2 Å². The first-order chi connectivity index (χ1) is 31.8. The summed E-state index contributed by atoms with van der Waals surface area (Å²) in [6.07, 6.45) is 0. The van der Waals surface area contributed by atoms with E-state index in [9.17, 15) is 0 Å². The molecule has 0 amide bonds. The van der Waals surface area contributed by atoms with Crippen molar-refractivity contribution >= 4 is 82.7 Å². The number of hydrogen-bond donors (Lipinski definition) is 0. The summed E-state index contributed by atoms with van der Waals surface area (Å²) < 4.78 is 15.5. The summed E-state index contributed by atoms with van der Waals surface area (Å²) in [5.41, 5.74) is 16.8. The van der Waals surface area contributed by atoms with Crippen molar-refractivity contribution in [3.05, 3.63) is 231 Å². The molecule has 0 radical (unpaired) electrons. The zero-order chi connectivity index (χ0) is 42.1. The van der Waals surface area contributed by atoms with Gasteiger partial charge in [0.2, 0.25) is 0 Å². The molecule has 0 fully saturated rings. The van der Waals surface area contributed by atoms with Gasteiger partial charge in [0, 0.05) is 49.4 Å². The number of fused-ring (bicyclic) bond motifs is 9. The minimum atomic E-state index is 0.858. The summed E-state index contributed by atoms with van der Waals surface area (Å²) in [7, 11) is 0. The quantitative estimate of drug-likeness (QED) is 0.161. The Bertz CT molecular complexity index is 3880. The highest BCUT2D eigenvalue weighted by molar-refractivity contribution is 6.20. The Morgan fingerprint density at radius 2 is 0.859 bits per heavy atom. The average molecular weight is 819 g/mol. The molecule has 64 heavy (non-hydrogen) atoms. The van der Waals surface area contributed by atoms with Crippen LogP contribution in [-0.4, -0.2) is 4.57 Å². The predicted octanol–water partition coefficient (Wildman–Crippen LogP) is 17.1. The molecule has 10 aromatic carbocycles. The van der Waals surface area contributed by atoms with E-state index < -0.39 is 0 Å². The summed E-state index contributed by atoms with van der Waals surface area (Å²) in [4.78, 5) is 2.41. The topological polar surface area (TPSA) is 34.5 Å². The highest BCUT2D eigenvalue weighted by atomic mass is 16.3. The Morgan fingerprint density at radius 1 is 0.312 bits per heavy atom. The molecular weight excluding hydrogens is 781 g/mol. The normalized spacial score (nSPS) is 11.8. The number of anilines is 3. The Hall–Kier alpha value is -8.60. The van der Waals surface area contributed by atoms with Gasteiger partial charge in [-0.05, 0) is 89.0 Å². The molecule has 0 saturated carbocycles. The van der Waals surface area contributed by atoms with E-state index in [0.29, 0.717) is 0 Å². The lowest BCUT2D eigenvalue weighted by atomic mass is 9.99. The fourth-order valence-corrected chi connectivity index (χ4v) is 9.93. The van der Waals surface area contributed by atoms with Gasteiger partial charge in [-0.3, -0.25) is 0 Å². The molecule has 0 spiro atoms. The highest BCUT2D eigenvalue weighted by Crippen LogP contribution is 2.48. The molecule has 4 heteroatoms. The largest absolute Gasteiger partial charge is 0.456 e. The Morgan fingerprint density at radius 3 is 1.61 bits per heavy atom. The van der Waals surface area contributed by atoms with Crippen LogP contribution in [0.3, 0.4) is 0 Å². The molecule has 0 aliphatic heterocycles. The lowest BCUT2D eigenvalue weighted by Crippen LogP contribution is -2.10. The maximum Gasteiger partial charge on any atom is 0.143 e. The third kappa shape index (κ3) is 5.63. The molecule has 0 bridgehead atoms. The molecule has 3 heterocycles. The van der Waals surface area contributed by atoms with Gasteiger partial charge in [0.15, 0.2) is 0 Å². The van der Waals surface area contributed by atoms with Crippen LogP contribution < -0.4 is 4.90 Å². The lowest BCUT2D eigenvalue weighted by Gasteiger charge is -2.27. The summed E-state index contributed by atoms with van der Waals surface area (Å²) in [6.45, 7) is 0. The van der Waals surface area contributed by atoms with Gasteiger partial charge in [-0.2, -0.15) is 0 Å². The second-order valence-electron chi connectivity index (χ2n) is 16.4. The summed E-state index contributed by atoms with van der Waals surface area (Å²) in [5, 5.41) is 6.75. The fourth-order valence-electron chi connectivity index (χ4n) is 9.93. The molecule has 300 valence electrons. The van der Waals surface area contributed by atoms with E-state index in [1.54, 1.807) is 0 Å². The van der Waals surface area contributed by atoms with E-state index in [0.717, 1.165) is 111 Å². The number of furan rings is 2. The summed E-state index contributed by atoms with van der Waals surface area (Å²) >= 11 is 0. The molecular formula is C60H38N2O2. The molecule has 13 aromatic rings. The van der Waals surface area contributed by atoms with Crippen LogP contribution in [0.25, 0.3) is 105 Å². The highest BCUT2D eigenvalue weighted by Gasteiger charge is 2.25. The van der Waals surface area contributed by atoms with Crippen molar-refractivity contribution < 1.29 is 8.83 Å². The van der Waals surface area contributed by atoms with Gasteiger partial charge in [-0.25, -0.2) is 0 Å². The zero-order valence-corrected chi connectivity index (χ0v) is 34.7. The van der Waals surface area contributed by atoms with Gasteiger partial charge in [-0.1, -0.05) is 164 Å². The van der Waals surface area contributed by atoms with E-state index in [1.165, 1.54) is 11.1 Å². The maximum absolute atomic E-state index is 6.58. The Kier molecular flexibility index (Phi) is 8.18. The molecule has 0 atom stereocenters. The molecule has 0 saturated heterocycles. The van der Waals surface area contributed by atoms with E-state index in [-0.39, 0.29) is 0 Å². The first kappa shape index (κ1) is 36.1. The summed E-state index contributed by atoms with van der Waals surface area (Å²) in [5.74, 6) is 0. The number of hydrogen-bond acceptors (Lipinski definition) is 3. The average Bonchev–Trinajstić information content (AvgIpc) is 4.05. The molecule has 0 aliphatic rings. The zero-order valence-electron chi connectivity index (χ0n) is 34.7. The number of benzene rings is 10. The Balaban J connectivity index is 1.06. The van der Waals surface area contributed by atoms with Crippen LogP contribution in [0.2, 0.25) is 0 Å². The van der Waals surface area contributed by atoms with Crippen molar-refractivity contribution in [2.24, 2.45) is 0 Å². The van der Waals surface area contributed by atoms with E-state index in [4.69, 9.17) is 8.83 Å². The minimum absolute atomic E-state index is 0.858. The maximum atomic E-state index is 6.58. The van der Waals surface area contributed by atoms with Crippen molar-refractivity contribution in [2.75, 3.05) is 4.90 Å². The van der Waals surface area contributed by atoms with Gasteiger partial charge in [0.25, 0.3) is 0 Å². The minimum Gasteiger partial charge on any atom is -0.456 e. The number of aromatic nitrogens is 1. The second-order valence-corrected chi connectivity index (χ2v) is 16.4. The number of nitrogens with zero attached hydrogens (tertiary/aromatic N) is 2. The fraction of sp³-hybridized carbons (Fsp3) is 0. The van der Waals surface area contributed by atoms with Crippen molar-refractivity contribution in [1.82, 2.24) is 4.57 Å². The standard InChI is InChI=1S/C60H38N2O2/c1-3-15-39(16-4-1)40-29-33-43(34-30-40)61(44-35-31-42(32-36-44)46-22-13-23-48-47-19-8-11-27-54(47)64-60(46)48)52-25-14-26-53-57(52)49-20-7-10-24-51(49)62(53)59-45(41-17-5-2-6-18-41)37-38-56-58(59)50-21-9-12-28-55(50)63-56/h1-38H. The predicted molar refractivity (Wildman–Crippen MR) is 266 cm³/mol. The van der Waals surface area contributed by atoms with Crippen molar-refractivity contribution in [1.29, 1.82) is 0 Å². The molecule has 13 rings (SSSR count). The number of para-hydroxylation sites is 4. The molecule has 0 unspecified atom stereocenters. The third-order valence-corrected chi connectivity index (χ3v) is 12.8. The van der Waals surface area contributed by atoms with Crippen LogP contribution in [0, 0.1) is 0 Å². The van der Waals surface area contributed by atoms with Crippen LogP contribution in [0.5, 0.6) is 0 Å². The first-order valence-corrected chi connectivity index (χ1v) is 21.8. The van der Waals surface area contributed by atoms with Crippen LogP contribution in [-0.2, 0) is 0 Å². The molecule has 4 nitrogen and oxygen atoms in total. The third-order valence-electron chi connectivity index (χ3n) is 12.8. The van der Waals surface area contributed by atoms with Gasteiger partial charge >= 0.3 is 0 Å². The lowest BCUT2D eigenvalue weighted by molar-refractivity contribution is 0.669. The van der Waals surface area contributed by atoms with Crippen LogP contribution >= 0.6 is 0 Å².